The molecule has 0 bridgehead atoms. The van der Waals surface area contributed by atoms with Crippen molar-refractivity contribution in [2.75, 3.05) is 5.75 Å². The fourth-order valence-corrected chi connectivity index (χ4v) is 4.90. The Morgan fingerprint density at radius 3 is 1.73 bits per heavy atom. The maximum absolute atomic E-state index is 12.3. The molecule has 3 N–H and O–H groups in total. The highest BCUT2D eigenvalue weighted by atomic mass is 32.2. The van der Waals surface area contributed by atoms with E-state index in [2.05, 4.69) is 55.6 Å². The minimum absolute atomic E-state index is 0.172. The number of allylic oxidation sites excluding steroid dienone is 9. The van der Waals surface area contributed by atoms with Crippen LogP contribution < -0.4 is 5.32 Å². The van der Waals surface area contributed by atoms with Gasteiger partial charge in [-0.15, -0.1) is 0 Å². The van der Waals surface area contributed by atoms with Crippen molar-refractivity contribution in [3.05, 3.63) is 60.8 Å². The van der Waals surface area contributed by atoms with Gasteiger partial charge >= 0.3 is 0 Å². The number of aliphatic hydroxyl groups is 1. The third-order valence-corrected chi connectivity index (χ3v) is 7.24. The highest BCUT2D eigenvalue weighted by Gasteiger charge is 2.24. The average molecular weight is 580 g/mol. The van der Waals surface area contributed by atoms with Gasteiger partial charge < -0.3 is 10.4 Å². The van der Waals surface area contributed by atoms with Crippen molar-refractivity contribution >= 4 is 16.0 Å². The second-order valence-corrected chi connectivity index (χ2v) is 11.8. The lowest BCUT2D eigenvalue weighted by atomic mass is 10.1. The van der Waals surface area contributed by atoms with E-state index in [0.717, 1.165) is 44.9 Å². The summed E-state index contributed by atoms with van der Waals surface area (Å²) in [6.07, 6.45) is 36.4. The van der Waals surface area contributed by atoms with Crippen molar-refractivity contribution in [2.24, 2.45) is 0 Å². The van der Waals surface area contributed by atoms with Crippen LogP contribution in [0.5, 0.6) is 0 Å². The van der Waals surface area contributed by atoms with Gasteiger partial charge in [0.2, 0.25) is 5.91 Å². The summed E-state index contributed by atoms with van der Waals surface area (Å²) >= 11 is 0. The quantitative estimate of drug-likeness (QED) is 0.0545. The molecule has 0 aliphatic carbocycles. The van der Waals surface area contributed by atoms with Crippen LogP contribution in [0.15, 0.2) is 60.8 Å². The highest BCUT2D eigenvalue weighted by Crippen LogP contribution is 2.12. The Morgan fingerprint density at radius 2 is 1.20 bits per heavy atom. The number of nitrogens with one attached hydrogen (secondary N) is 1. The molecule has 0 fully saturated rings. The fraction of sp³-hybridized carbons (Fsp3) is 0.667. The predicted octanol–water partition coefficient (Wildman–Crippen LogP) is 8.17. The van der Waals surface area contributed by atoms with Crippen LogP contribution >= 0.6 is 0 Å². The largest absolute Gasteiger partial charge is 0.387 e. The van der Waals surface area contributed by atoms with Gasteiger partial charge in [0.25, 0.3) is 10.1 Å². The van der Waals surface area contributed by atoms with Crippen molar-refractivity contribution < 1.29 is 22.9 Å². The topological polar surface area (TPSA) is 104 Å². The molecule has 40 heavy (non-hydrogen) atoms. The maximum atomic E-state index is 12.3. The van der Waals surface area contributed by atoms with E-state index in [-0.39, 0.29) is 12.3 Å². The normalized spacial score (nSPS) is 14.4. The van der Waals surface area contributed by atoms with Crippen LogP contribution in [0.3, 0.4) is 0 Å². The molecule has 0 saturated heterocycles. The summed E-state index contributed by atoms with van der Waals surface area (Å²) in [6, 6.07) is -1.09. The SMILES string of the molecule is CC/C=C\C/C=C\C/C=C\C/C=C\CCC(=O)NC(CS(=O)(=O)O)C(O)/C=C/CCCCCCCCCCCC. The molecule has 6 nitrogen and oxygen atoms in total. The number of carbonyl (C=O) groups excluding carboxylic acids is 1. The van der Waals surface area contributed by atoms with Crippen molar-refractivity contribution in [3.8, 4) is 0 Å². The lowest BCUT2D eigenvalue weighted by molar-refractivity contribution is -0.122. The van der Waals surface area contributed by atoms with Crippen molar-refractivity contribution in [2.45, 2.75) is 135 Å². The summed E-state index contributed by atoms with van der Waals surface area (Å²) in [4.78, 5) is 12.3. The molecule has 0 aliphatic heterocycles. The molecule has 230 valence electrons. The summed E-state index contributed by atoms with van der Waals surface area (Å²) in [5.74, 6) is -1.09. The summed E-state index contributed by atoms with van der Waals surface area (Å²) < 4.78 is 32.1. The van der Waals surface area contributed by atoms with Crippen molar-refractivity contribution in [1.82, 2.24) is 5.32 Å². The van der Waals surface area contributed by atoms with E-state index in [0.29, 0.717) is 6.42 Å². The Morgan fingerprint density at radius 1 is 0.700 bits per heavy atom. The van der Waals surface area contributed by atoms with E-state index < -0.39 is 28.0 Å². The number of amides is 1. The molecule has 0 aromatic heterocycles. The zero-order valence-corrected chi connectivity index (χ0v) is 26.0. The molecule has 7 heteroatoms. The molecule has 0 aromatic carbocycles. The Kier molecular flexibility index (Phi) is 25.9. The minimum Gasteiger partial charge on any atom is -0.387 e. The number of rotatable bonds is 26. The van der Waals surface area contributed by atoms with E-state index >= 15 is 0 Å². The van der Waals surface area contributed by atoms with Gasteiger partial charge in [-0.3, -0.25) is 9.35 Å². The van der Waals surface area contributed by atoms with Crippen molar-refractivity contribution in [3.63, 3.8) is 0 Å². The van der Waals surface area contributed by atoms with E-state index in [1.54, 1.807) is 0 Å². The number of aliphatic hydroxyl groups excluding tert-OH is 1. The predicted molar refractivity (Wildman–Crippen MR) is 170 cm³/mol. The minimum atomic E-state index is -4.36. The van der Waals surface area contributed by atoms with Gasteiger partial charge in [-0.1, -0.05) is 132 Å². The number of unbranched alkanes of at least 4 members (excludes halogenated alkanes) is 10. The van der Waals surface area contributed by atoms with Gasteiger partial charge in [0.05, 0.1) is 17.9 Å². The Hall–Kier alpha value is -1.96. The standard InChI is InChI=1S/C33H57NO5S/c1-3-5-7-9-11-13-15-17-19-21-23-25-27-29-33(36)34-31(30-40(37,38)39)32(35)28-26-24-22-20-18-16-14-12-10-8-6-4-2/h5,7,11,13,17,19,23,25-26,28,31-32,35H,3-4,6,8-10,12,14-16,18,20-22,24,27,29-30H2,1-2H3,(H,34,36)(H,37,38,39)/b7-5-,13-11-,19-17-,25-23-,28-26+. The van der Waals surface area contributed by atoms with Gasteiger partial charge in [0.1, 0.15) is 0 Å². The smallest absolute Gasteiger partial charge is 0.267 e. The Labute approximate surface area is 245 Å². The molecule has 0 saturated carbocycles. The molecule has 0 rings (SSSR count). The van der Waals surface area contributed by atoms with E-state index in [4.69, 9.17) is 0 Å². The first-order valence-electron chi connectivity index (χ1n) is 15.5. The molecule has 2 atom stereocenters. The first kappa shape index (κ1) is 38.0. The molecule has 0 aromatic rings. The Bertz CT molecular complexity index is 858. The van der Waals surface area contributed by atoms with Crippen LogP contribution in [0.2, 0.25) is 0 Å². The van der Waals surface area contributed by atoms with E-state index in [1.165, 1.54) is 57.4 Å². The van der Waals surface area contributed by atoms with Gasteiger partial charge in [0.15, 0.2) is 0 Å². The lowest BCUT2D eigenvalue weighted by Crippen LogP contribution is -2.46. The molecular weight excluding hydrogens is 522 g/mol. The molecule has 0 radical (unpaired) electrons. The molecule has 0 spiro atoms. The lowest BCUT2D eigenvalue weighted by Gasteiger charge is -2.20. The Balaban J connectivity index is 4.25. The summed E-state index contributed by atoms with van der Waals surface area (Å²) in [7, 11) is -4.36. The summed E-state index contributed by atoms with van der Waals surface area (Å²) in [6.45, 7) is 4.35. The summed E-state index contributed by atoms with van der Waals surface area (Å²) in [5, 5.41) is 13.0. The monoisotopic (exact) mass is 579 g/mol. The third kappa shape index (κ3) is 27.6. The van der Waals surface area contributed by atoms with Crippen LogP contribution in [-0.4, -0.2) is 41.9 Å². The van der Waals surface area contributed by atoms with Gasteiger partial charge in [-0.05, 0) is 44.9 Å². The second-order valence-electron chi connectivity index (χ2n) is 10.4. The van der Waals surface area contributed by atoms with Gasteiger partial charge in [-0.2, -0.15) is 8.42 Å². The average Bonchev–Trinajstić information content (AvgIpc) is 2.90. The van der Waals surface area contributed by atoms with Gasteiger partial charge in [0, 0.05) is 6.42 Å². The number of hydrogen-bond donors (Lipinski definition) is 3. The van der Waals surface area contributed by atoms with Crippen LogP contribution in [0, 0.1) is 0 Å². The number of carbonyl (C=O) groups is 1. The zero-order chi connectivity index (χ0) is 29.7. The van der Waals surface area contributed by atoms with E-state index in [9.17, 15) is 22.9 Å². The maximum Gasteiger partial charge on any atom is 0.267 e. The van der Waals surface area contributed by atoms with Crippen LogP contribution in [-0.2, 0) is 14.9 Å². The first-order chi connectivity index (χ1) is 19.3. The zero-order valence-electron chi connectivity index (χ0n) is 25.2. The highest BCUT2D eigenvalue weighted by molar-refractivity contribution is 7.85. The van der Waals surface area contributed by atoms with Crippen LogP contribution in [0.1, 0.15) is 123 Å². The molecule has 2 unspecified atom stereocenters. The number of hydrogen-bond acceptors (Lipinski definition) is 4. The molecule has 0 heterocycles. The molecular formula is C33H57NO5S. The molecule has 1 amide bonds. The summed E-state index contributed by atoms with van der Waals surface area (Å²) in [5.41, 5.74) is 0. The van der Waals surface area contributed by atoms with Crippen LogP contribution in [0.4, 0.5) is 0 Å². The van der Waals surface area contributed by atoms with E-state index in [1.807, 2.05) is 18.2 Å². The van der Waals surface area contributed by atoms with Gasteiger partial charge in [-0.25, -0.2) is 0 Å². The van der Waals surface area contributed by atoms with Crippen LogP contribution in [0.25, 0.3) is 0 Å². The second kappa shape index (κ2) is 27.2. The molecule has 0 aliphatic rings. The fourth-order valence-electron chi connectivity index (χ4n) is 4.16. The third-order valence-electron chi connectivity index (χ3n) is 6.46. The first-order valence-corrected chi connectivity index (χ1v) is 17.1. The van der Waals surface area contributed by atoms with Crippen molar-refractivity contribution in [1.29, 1.82) is 0 Å².